The molecule has 0 bridgehead atoms. The van der Waals surface area contributed by atoms with Gasteiger partial charge in [-0.2, -0.15) is 0 Å². The van der Waals surface area contributed by atoms with Gasteiger partial charge in [-0.3, -0.25) is 14.8 Å². The van der Waals surface area contributed by atoms with E-state index in [0.29, 0.717) is 11.5 Å². The van der Waals surface area contributed by atoms with Crippen LogP contribution in [0.25, 0.3) is 0 Å². The van der Waals surface area contributed by atoms with E-state index in [1.807, 2.05) is 4.90 Å². The Hall–Kier alpha value is -2.77. The third kappa shape index (κ3) is 9.73. The minimum atomic E-state index is -2.60. The number of piperidine rings is 1. The highest BCUT2D eigenvalue weighted by atomic mass is 19.3. The zero-order chi connectivity index (χ0) is 29.0. The highest BCUT2D eigenvalue weighted by Gasteiger charge is 2.36. The van der Waals surface area contributed by atoms with E-state index in [-0.39, 0.29) is 38.3 Å². The molecule has 1 aliphatic carbocycles. The molecule has 1 saturated heterocycles. The van der Waals surface area contributed by atoms with Crippen LogP contribution in [0.3, 0.4) is 0 Å². The molecule has 0 aromatic heterocycles. The summed E-state index contributed by atoms with van der Waals surface area (Å²) in [7, 11) is 1.62. The van der Waals surface area contributed by atoms with Gasteiger partial charge in [-0.15, -0.1) is 0 Å². The van der Waals surface area contributed by atoms with Crippen LogP contribution < -0.4 is 10.6 Å². The first kappa shape index (κ1) is 32.4. The smallest absolute Gasteiger partial charge is 0.251 e. The average molecular weight is 546 g/mol. The zero-order valence-corrected chi connectivity index (χ0v) is 25.0. The van der Waals surface area contributed by atoms with Gasteiger partial charge in [0, 0.05) is 57.5 Å². The maximum absolute atomic E-state index is 13.3. The molecular formula is C31H49F2N5O. The highest BCUT2D eigenvalue weighted by molar-refractivity contribution is 6.10. The molecular weight excluding hydrogens is 496 g/mol. The van der Waals surface area contributed by atoms with Gasteiger partial charge < -0.3 is 15.5 Å². The molecule has 3 rings (SSSR count). The van der Waals surface area contributed by atoms with Gasteiger partial charge in [0.2, 0.25) is 0 Å². The molecule has 0 atom stereocenters. The lowest BCUT2D eigenvalue weighted by molar-refractivity contribution is -0.115. The molecule has 1 aliphatic heterocycles. The summed E-state index contributed by atoms with van der Waals surface area (Å²) in [6.07, 6.45) is 5.92. The van der Waals surface area contributed by atoms with Crippen molar-refractivity contribution in [3.05, 3.63) is 40.6 Å². The number of likely N-dealkylation sites (tertiary alicyclic amines) is 1. The molecule has 39 heavy (non-hydrogen) atoms. The second kappa shape index (κ2) is 15.7. The number of amidine groups is 1. The molecule has 1 saturated carbocycles. The van der Waals surface area contributed by atoms with Crippen LogP contribution in [-0.4, -0.2) is 67.9 Å². The van der Waals surface area contributed by atoms with Crippen molar-refractivity contribution in [3.63, 3.8) is 0 Å². The van der Waals surface area contributed by atoms with E-state index in [1.165, 1.54) is 56.1 Å². The van der Waals surface area contributed by atoms with Crippen molar-refractivity contribution in [2.24, 2.45) is 15.7 Å². The summed E-state index contributed by atoms with van der Waals surface area (Å²) in [5, 5.41) is 0. The van der Waals surface area contributed by atoms with Gasteiger partial charge in [0.05, 0.1) is 12.2 Å². The van der Waals surface area contributed by atoms with Gasteiger partial charge in [-0.05, 0) is 75.6 Å². The van der Waals surface area contributed by atoms with Crippen LogP contribution in [0.4, 0.5) is 14.5 Å². The number of carbonyl (C=O) groups excluding carboxylic acids is 1. The van der Waals surface area contributed by atoms with E-state index < -0.39 is 5.92 Å². The van der Waals surface area contributed by atoms with Crippen LogP contribution in [0.15, 0.2) is 39.5 Å². The third-order valence-corrected chi connectivity index (χ3v) is 7.45. The third-order valence-electron chi connectivity index (χ3n) is 7.45. The number of aliphatic imine (C=N–C) groups is 2. The number of hydrogen-bond acceptors (Lipinski definition) is 5. The Labute approximate surface area is 234 Å². The number of rotatable bonds is 9. The summed E-state index contributed by atoms with van der Waals surface area (Å²) < 4.78 is 26.6. The highest BCUT2D eigenvalue weighted by Crippen LogP contribution is 2.30. The van der Waals surface area contributed by atoms with E-state index >= 15 is 0 Å². The van der Waals surface area contributed by atoms with E-state index in [4.69, 9.17) is 5.73 Å². The molecule has 1 aromatic rings. The minimum Gasteiger partial charge on any atom is -0.395 e. The van der Waals surface area contributed by atoms with Gasteiger partial charge in [0.25, 0.3) is 5.92 Å². The number of Topliss-reactive ketones (excluding diaryl/α,β-unsaturated/α-hetero) is 1. The Balaban J connectivity index is 0.000000293. The molecule has 218 valence electrons. The second-order valence-electron chi connectivity index (χ2n) is 10.7. The number of allylic oxidation sites excluding steroid dienone is 1. The van der Waals surface area contributed by atoms with Gasteiger partial charge >= 0.3 is 0 Å². The maximum Gasteiger partial charge on any atom is 0.251 e. The SMILES string of the molecule is CCCCN(CCC)c1cccc(C)c1C.CN=C(/C(N)=C1\CCCC1=NCC(C)=O)N1CCC(F)(F)CC1. The number of benzene rings is 1. The van der Waals surface area contributed by atoms with Crippen LogP contribution in [0, 0.1) is 13.8 Å². The predicted molar refractivity (Wildman–Crippen MR) is 160 cm³/mol. The van der Waals surface area contributed by atoms with Crippen LogP contribution in [0.1, 0.15) is 83.3 Å². The quantitative estimate of drug-likeness (QED) is 0.284. The van der Waals surface area contributed by atoms with Crippen molar-refractivity contribution in [2.45, 2.75) is 91.9 Å². The Kier molecular flexibility index (Phi) is 13.1. The molecule has 1 heterocycles. The topological polar surface area (TPSA) is 74.3 Å². The largest absolute Gasteiger partial charge is 0.395 e. The fourth-order valence-electron chi connectivity index (χ4n) is 5.06. The molecule has 0 amide bonds. The Bertz CT molecular complexity index is 1040. The molecule has 2 aliphatic rings. The van der Waals surface area contributed by atoms with Crippen molar-refractivity contribution < 1.29 is 13.6 Å². The number of unbranched alkanes of at least 4 members (excludes halogenated alkanes) is 1. The first-order valence-electron chi connectivity index (χ1n) is 14.5. The monoisotopic (exact) mass is 545 g/mol. The van der Waals surface area contributed by atoms with Crippen molar-refractivity contribution in [1.82, 2.24) is 4.90 Å². The summed E-state index contributed by atoms with van der Waals surface area (Å²) >= 11 is 0. The summed E-state index contributed by atoms with van der Waals surface area (Å²) in [6, 6.07) is 6.63. The molecule has 2 fully saturated rings. The van der Waals surface area contributed by atoms with Crippen LogP contribution in [0.2, 0.25) is 0 Å². The van der Waals surface area contributed by atoms with Gasteiger partial charge in [0.15, 0.2) is 5.78 Å². The number of alkyl halides is 2. The lowest BCUT2D eigenvalue weighted by atomic mass is 10.0. The van der Waals surface area contributed by atoms with Gasteiger partial charge in [-0.1, -0.05) is 32.4 Å². The van der Waals surface area contributed by atoms with E-state index in [9.17, 15) is 13.6 Å². The number of halogens is 2. The summed E-state index contributed by atoms with van der Waals surface area (Å²) in [5.41, 5.74) is 12.8. The first-order valence-corrected chi connectivity index (χ1v) is 14.5. The van der Waals surface area contributed by atoms with Crippen LogP contribution in [-0.2, 0) is 4.79 Å². The lowest BCUT2D eigenvalue weighted by Crippen LogP contribution is -2.44. The molecule has 1 aromatic carbocycles. The number of nitrogens with two attached hydrogens (primary N) is 1. The fraction of sp³-hybridized carbons (Fsp3) is 0.645. The Morgan fingerprint density at radius 2 is 1.79 bits per heavy atom. The minimum absolute atomic E-state index is 0.00460. The Morgan fingerprint density at radius 1 is 1.10 bits per heavy atom. The number of aryl methyl sites for hydroxylation is 1. The lowest BCUT2D eigenvalue weighted by Gasteiger charge is -2.34. The predicted octanol–water partition coefficient (Wildman–Crippen LogP) is 6.49. The summed E-state index contributed by atoms with van der Waals surface area (Å²) in [4.78, 5) is 24.0. The van der Waals surface area contributed by atoms with Crippen molar-refractivity contribution in [2.75, 3.05) is 44.7 Å². The van der Waals surface area contributed by atoms with Crippen molar-refractivity contribution in [3.8, 4) is 0 Å². The van der Waals surface area contributed by atoms with E-state index in [1.54, 1.807) is 7.05 Å². The van der Waals surface area contributed by atoms with Crippen molar-refractivity contribution >= 4 is 23.0 Å². The van der Waals surface area contributed by atoms with Crippen molar-refractivity contribution in [1.29, 1.82) is 0 Å². The fourth-order valence-corrected chi connectivity index (χ4v) is 5.06. The van der Waals surface area contributed by atoms with Crippen LogP contribution >= 0.6 is 0 Å². The molecule has 0 spiro atoms. The standard InChI is InChI=1S/C16H24F2N4O.C15H25N/c1-11(23)10-21-13-5-3-4-12(13)14(19)15(20-2)22-8-6-16(17,18)7-9-22;1-5-7-12-16(11-6-2)15-10-8-9-13(3)14(15)4/h3-10,19H2,1-2H3;8-10H,5-7,11-12H2,1-4H3/b14-12-,20-15?,21-13?;. The number of hydrogen-bond donors (Lipinski definition) is 1. The Morgan fingerprint density at radius 3 is 2.38 bits per heavy atom. The second-order valence-corrected chi connectivity index (χ2v) is 10.7. The molecule has 6 nitrogen and oxygen atoms in total. The zero-order valence-electron chi connectivity index (χ0n) is 25.0. The van der Waals surface area contributed by atoms with E-state index in [0.717, 1.165) is 30.5 Å². The molecule has 0 unspecified atom stereocenters. The number of ketones is 1. The van der Waals surface area contributed by atoms with Gasteiger partial charge in [-0.25, -0.2) is 8.78 Å². The van der Waals surface area contributed by atoms with E-state index in [2.05, 4.69) is 60.8 Å². The normalized spacial score (nSPS) is 19.5. The van der Waals surface area contributed by atoms with Gasteiger partial charge in [0.1, 0.15) is 5.84 Å². The number of nitrogens with zero attached hydrogens (tertiary/aromatic N) is 4. The molecule has 8 heteroatoms. The molecule has 0 radical (unpaired) electrons. The number of carbonyl (C=O) groups is 1. The van der Waals surface area contributed by atoms with Crippen LogP contribution in [0.5, 0.6) is 0 Å². The summed E-state index contributed by atoms with van der Waals surface area (Å²) in [6.45, 7) is 13.4. The summed E-state index contributed by atoms with van der Waals surface area (Å²) in [5.74, 6) is -2.03. The molecule has 2 N–H and O–H groups in total. The number of anilines is 1. The first-order chi connectivity index (χ1) is 18.5. The maximum atomic E-state index is 13.3. The average Bonchev–Trinajstić information content (AvgIpc) is 3.37.